The van der Waals surface area contributed by atoms with Crippen molar-refractivity contribution < 1.29 is 0 Å². The SMILES string of the molecule is Cn1cnc(CNCc2cccc3[nH]ccc23)n1. The molecule has 0 radical (unpaired) electrons. The van der Waals surface area contributed by atoms with Gasteiger partial charge in [0.2, 0.25) is 0 Å². The Bertz CT molecular complexity index is 652. The summed E-state index contributed by atoms with van der Waals surface area (Å²) in [7, 11) is 1.87. The third kappa shape index (κ3) is 2.12. The van der Waals surface area contributed by atoms with E-state index in [1.807, 2.05) is 13.2 Å². The van der Waals surface area contributed by atoms with Gasteiger partial charge in [0, 0.05) is 30.7 Å². The van der Waals surface area contributed by atoms with Crippen molar-refractivity contribution in [1.29, 1.82) is 0 Å². The molecule has 92 valence electrons. The van der Waals surface area contributed by atoms with Gasteiger partial charge in [0.1, 0.15) is 6.33 Å². The average molecular weight is 241 g/mol. The van der Waals surface area contributed by atoms with Gasteiger partial charge in [-0.2, -0.15) is 5.10 Å². The van der Waals surface area contributed by atoms with Gasteiger partial charge >= 0.3 is 0 Å². The third-order valence-corrected chi connectivity index (χ3v) is 2.93. The molecule has 5 heteroatoms. The van der Waals surface area contributed by atoms with Crippen LogP contribution in [0.3, 0.4) is 0 Å². The monoisotopic (exact) mass is 241 g/mol. The lowest BCUT2D eigenvalue weighted by Gasteiger charge is -2.04. The number of aromatic nitrogens is 4. The molecule has 0 aliphatic heterocycles. The fourth-order valence-electron chi connectivity index (χ4n) is 2.08. The lowest BCUT2D eigenvalue weighted by Crippen LogP contribution is -2.14. The second-order valence-electron chi connectivity index (χ2n) is 4.29. The van der Waals surface area contributed by atoms with Crippen molar-refractivity contribution in [3.05, 3.63) is 48.2 Å². The second-order valence-corrected chi connectivity index (χ2v) is 4.29. The summed E-state index contributed by atoms with van der Waals surface area (Å²) in [6, 6.07) is 8.38. The minimum Gasteiger partial charge on any atom is -0.361 e. The highest BCUT2D eigenvalue weighted by Gasteiger charge is 2.02. The summed E-state index contributed by atoms with van der Waals surface area (Å²) in [6.07, 6.45) is 3.68. The van der Waals surface area contributed by atoms with Gasteiger partial charge < -0.3 is 10.3 Å². The lowest BCUT2D eigenvalue weighted by molar-refractivity contribution is 0.651. The highest BCUT2D eigenvalue weighted by atomic mass is 15.3. The number of H-pyrrole nitrogens is 1. The zero-order chi connectivity index (χ0) is 12.4. The van der Waals surface area contributed by atoms with E-state index < -0.39 is 0 Å². The van der Waals surface area contributed by atoms with Crippen molar-refractivity contribution in [3.63, 3.8) is 0 Å². The Hall–Kier alpha value is -2.14. The van der Waals surface area contributed by atoms with Gasteiger partial charge in [-0.05, 0) is 17.7 Å². The number of rotatable bonds is 4. The normalized spacial score (nSPS) is 11.2. The van der Waals surface area contributed by atoms with E-state index in [-0.39, 0.29) is 0 Å². The van der Waals surface area contributed by atoms with Crippen molar-refractivity contribution in [3.8, 4) is 0 Å². The Balaban J connectivity index is 1.68. The largest absolute Gasteiger partial charge is 0.361 e. The molecule has 2 heterocycles. The number of nitrogens with one attached hydrogen (secondary N) is 2. The van der Waals surface area contributed by atoms with Crippen LogP contribution in [0.25, 0.3) is 10.9 Å². The number of fused-ring (bicyclic) bond motifs is 1. The molecule has 0 unspecified atom stereocenters. The summed E-state index contributed by atoms with van der Waals surface area (Å²) < 4.78 is 1.71. The van der Waals surface area contributed by atoms with Crippen LogP contribution in [0.2, 0.25) is 0 Å². The molecule has 0 bridgehead atoms. The van der Waals surface area contributed by atoms with Crippen LogP contribution in [-0.2, 0) is 20.1 Å². The summed E-state index contributed by atoms with van der Waals surface area (Å²) in [4.78, 5) is 7.40. The molecule has 2 N–H and O–H groups in total. The van der Waals surface area contributed by atoms with E-state index in [4.69, 9.17) is 0 Å². The van der Waals surface area contributed by atoms with Crippen LogP contribution in [0.1, 0.15) is 11.4 Å². The van der Waals surface area contributed by atoms with Gasteiger partial charge in [-0.15, -0.1) is 0 Å². The summed E-state index contributed by atoms with van der Waals surface area (Å²) in [5.41, 5.74) is 2.45. The van der Waals surface area contributed by atoms with E-state index in [1.54, 1.807) is 11.0 Å². The molecule has 5 nitrogen and oxygen atoms in total. The van der Waals surface area contributed by atoms with E-state index >= 15 is 0 Å². The Labute approximate surface area is 105 Å². The van der Waals surface area contributed by atoms with Crippen LogP contribution in [0.5, 0.6) is 0 Å². The van der Waals surface area contributed by atoms with Gasteiger partial charge in [0.15, 0.2) is 5.82 Å². The molecule has 0 spiro atoms. The van der Waals surface area contributed by atoms with Gasteiger partial charge in [-0.25, -0.2) is 4.98 Å². The van der Waals surface area contributed by atoms with Crippen molar-refractivity contribution in [2.24, 2.45) is 7.05 Å². The number of benzene rings is 1. The maximum atomic E-state index is 4.23. The van der Waals surface area contributed by atoms with Crippen LogP contribution in [-0.4, -0.2) is 19.7 Å². The van der Waals surface area contributed by atoms with Gasteiger partial charge in [-0.3, -0.25) is 4.68 Å². The van der Waals surface area contributed by atoms with Crippen LogP contribution in [0.15, 0.2) is 36.8 Å². The minimum atomic E-state index is 0.682. The molecule has 2 aromatic heterocycles. The fraction of sp³-hybridized carbons (Fsp3) is 0.231. The summed E-state index contributed by atoms with van der Waals surface area (Å²) in [6.45, 7) is 1.50. The predicted molar refractivity (Wildman–Crippen MR) is 69.8 cm³/mol. The first kappa shape index (κ1) is 11.0. The van der Waals surface area contributed by atoms with Gasteiger partial charge in [0.25, 0.3) is 0 Å². The second kappa shape index (κ2) is 4.62. The van der Waals surface area contributed by atoms with E-state index in [0.29, 0.717) is 6.54 Å². The molecule has 3 rings (SSSR count). The third-order valence-electron chi connectivity index (χ3n) is 2.93. The molecule has 0 aliphatic rings. The van der Waals surface area contributed by atoms with Crippen LogP contribution < -0.4 is 5.32 Å². The van der Waals surface area contributed by atoms with Crippen LogP contribution >= 0.6 is 0 Å². The standard InChI is InChI=1S/C13H15N5/c1-18-9-16-13(17-18)8-14-7-10-3-2-4-12-11(10)5-6-15-12/h2-6,9,14-15H,7-8H2,1H3. The van der Waals surface area contributed by atoms with Crippen molar-refractivity contribution >= 4 is 10.9 Å². The van der Waals surface area contributed by atoms with E-state index in [1.165, 1.54) is 16.5 Å². The minimum absolute atomic E-state index is 0.682. The molecule has 1 aromatic carbocycles. The van der Waals surface area contributed by atoms with Crippen molar-refractivity contribution in [1.82, 2.24) is 25.1 Å². The average Bonchev–Trinajstić information content (AvgIpc) is 2.98. The first-order valence-electron chi connectivity index (χ1n) is 5.93. The number of hydrogen-bond acceptors (Lipinski definition) is 3. The van der Waals surface area contributed by atoms with Crippen molar-refractivity contribution in [2.45, 2.75) is 13.1 Å². The van der Waals surface area contributed by atoms with Crippen LogP contribution in [0.4, 0.5) is 0 Å². The molecule has 0 amide bonds. The zero-order valence-corrected chi connectivity index (χ0v) is 10.2. The summed E-state index contributed by atoms with van der Waals surface area (Å²) >= 11 is 0. The van der Waals surface area contributed by atoms with Crippen LogP contribution in [0, 0.1) is 0 Å². The molecule has 0 saturated heterocycles. The van der Waals surface area contributed by atoms with E-state index in [0.717, 1.165) is 12.4 Å². The first-order chi connectivity index (χ1) is 8.83. The molecule has 0 saturated carbocycles. The van der Waals surface area contributed by atoms with E-state index in [9.17, 15) is 0 Å². The summed E-state index contributed by atoms with van der Waals surface area (Å²) in [5, 5.41) is 8.86. The number of aromatic amines is 1. The molecule has 0 fully saturated rings. The maximum absolute atomic E-state index is 4.23. The van der Waals surface area contributed by atoms with Crippen molar-refractivity contribution in [2.75, 3.05) is 0 Å². The Morgan fingerprint density at radius 2 is 2.22 bits per heavy atom. The fourth-order valence-corrected chi connectivity index (χ4v) is 2.08. The Morgan fingerprint density at radius 1 is 1.28 bits per heavy atom. The number of nitrogens with zero attached hydrogens (tertiary/aromatic N) is 3. The molecule has 18 heavy (non-hydrogen) atoms. The highest BCUT2D eigenvalue weighted by molar-refractivity contribution is 5.82. The topological polar surface area (TPSA) is 58.5 Å². The highest BCUT2D eigenvalue weighted by Crippen LogP contribution is 2.16. The number of aryl methyl sites for hydroxylation is 1. The molecular formula is C13H15N5. The first-order valence-corrected chi connectivity index (χ1v) is 5.93. The molecule has 3 aromatic rings. The quantitative estimate of drug-likeness (QED) is 0.729. The van der Waals surface area contributed by atoms with Gasteiger partial charge in [0.05, 0.1) is 6.54 Å². The Morgan fingerprint density at radius 3 is 3.06 bits per heavy atom. The smallest absolute Gasteiger partial charge is 0.164 e. The zero-order valence-electron chi connectivity index (χ0n) is 10.2. The maximum Gasteiger partial charge on any atom is 0.164 e. The molecule has 0 aliphatic carbocycles. The Kier molecular flexibility index (Phi) is 2.82. The molecule has 0 atom stereocenters. The van der Waals surface area contributed by atoms with Gasteiger partial charge in [-0.1, -0.05) is 12.1 Å². The lowest BCUT2D eigenvalue weighted by atomic mass is 10.1. The summed E-state index contributed by atoms with van der Waals surface area (Å²) in [5.74, 6) is 0.818. The number of hydrogen-bond donors (Lipinski definition) is 2. The molecular weight excluding hydrogens is 226 g/mol. The predicted octanol–water partition coefficient (Wildman–Crippen LogP) is 1.59. The van der Waals surface area contributed by atoms with E-state index in [2.05, 4.69) is 44.6 Å².